The maximum atomic E-state index is 2.44. The van der Waals surface area contributed by atoms with Crippen LogP contribution in [0, 0.1) is 1.93 Å². The minimum Gasteiger partial charge on any atom is -0.0802 e. The molecule has 0 aromatic carbocycles. The first-order chi connectivity index (χ1) is 3.18. The van der Waals surface area contributed by atoms with E-state index in [2.05, 4.69) is 74.7 Å². The molecule has 0 spiro atoms. The van der Waals surface area contributed by atoms with Gasteiger partial charge in [0.2, 0.25) is 0 Å². The SMILES string of the molecule is CCC(I)[C](I)I. The van der Waals surface area contributed by atoms with Gasteiger partial charge in [0.05, 0.1) is 0 Å². The van der Waals surface area contributed by atoms with E-state index in [1.165, 1.54) is 8.35 Å². The number of hydrogen-bond acceptors (Lipinski definition) is 0. The van der Waals surface area contributed by atoms with Gasteiger partial charge in [0, 0.05) is 3.92 Å². The van der Waals surface area contributed by atoms with Gasteiger partial charge >= 0.3 is 0 Å². The average Bonchev–Trinajstić information content (AvgIpc) is 1.65. The van der Waals surface area contributed by atoms with Crippen LogP contribution in [0.2, 0.25) is 0 Å². The van der Waals surface area contributed by atoms with E-state index in [0.29, 0.717) is 0 Å². The second-order valence-corrected chi connectivity index (χ2v) is 7.06. The van der Waals surface area contributed by atoms with Crippen molar-refractivity contribution >= 4 is 67.8 Å². The summed E-state index contributed by atoms with van der Waals surface area (Å²) in [6, 6.07) is 0. The first kappa shape index (κ1) is 9.19. The van der Waals surface area contributed by atoms with E-state index >= 15 is 0 Å². The van der Waals surface area contributed by atoms with Crippen molar-refractivity contribution in [1.82, 2.24) is 0 Å². The van der Waals surface area contributed by atoms with Crippen LogP contribution >= 0.6 is 67.8 Å². The highest BCUT2D eigenvalue weighted by Gasteiger charge is 2.08. The van der Waals surface area contributed by atoms with Crippen molar-refractivity contribution in [2.45, 2.75) is 17.3 Å². The van der Waals surface area contributed by atoms with Crippen molar-refractivity contribution < 1.29 is 0 Å². The predicted octanol–water partition coefficient (Wildman–Crippen LogP) is 3.56. The maximum absolute atomic E-state index is 2.44. The van der Waals surface area contributed by atoms with Crippen LogP contribution in [0.15, 0.2) is 0 Å². The Hall–Kier alpha value is 2.19. The van der Waals surface area contributed by atoms with E-state index in [0.717, 1.165) is 3.92 Å². The summed E-state index contributed by atoms with van der Waals surface area (Å²) in [6.07, 6.45) is 1.25. The van der Waals surface area contributed by atoms with Crippen molar-refractivity contribution in [3.63, 3.8) is 0 Å². The Morgan fingerprint density at radius 1 is 1.57 bits per heavy atom. The third kappa shape index (κ3) is 4.68. The first-order valence-corrected chi connectivity index (χ1v) is 5.40. The Balaban J connectivity index is 3.14. The number of alkyl halides is 1. The third-order valence-electron chi connectivity index (χ3n) is 0.595. The molecule has 0 aromatic heterocycles. The first-order valence-electron chi connectivity index (χ1n) is 2.00. The molecule has 0 saturated heterocycles. The average molecular weight is 435 g/mol. The lowest BCUT2D eigenvalue weighted by Gasteiger charge is -2.03. The lowest BCUT2D eigenvalue weighted by molar-refractivity contribution is 0.995. The van der Waals surface area contributed by atoms with Crippen LogP contribution in [0.5, 0.6) is 0 Å². The molecule has 0 N–H and O–H groups in total. The normalized spacial score (nSPS) is 15.0. The van der Waals surface area contributed by atoms with Crippen LogP contribution in [-0.2, 0) is 0 Å². The molecular formula is C4H6I3. The molecule has 43 valence electrons. The summed E-state index contributed by atoms with van der Waals surface area (Å²) in [7, 11) is 0. The van der Waals surface area contributed by atoms with Crippen LogP contribution < -0.4 is 0 Å². The van der Waals surface area contributed by atoms with E-state index in [1.807, 2.05) is 0 Å². The van der Waals surface area contributed by atoms with Crippen molar-refractivity contribution in [3.05, 3.63) is 1.93 Å². The minimum atomic E-state index is 0.763. The second kappa shape index (κ2) is 5.01. The van der Waals surface area contributed by atoms with Crippen LogP contribution in [0.1, 0.15) is 13.3 Å². The summed E-state index contributed by atoms with van der Waals surface area (Å²) in [5, 5.41) is 0. The molecule has 0 aliphatic carbocycles. The highest BCUT2D eigenvalue weighted by Crippen LogP contribution is 2.31. The van der Waals surface area contributed by atoms with Crippen molar-refractivity contribution in [2.75, 3.05) is 0 Å². The zero-order valence-electron chi connectivity index (χ0n) is 3.92. The van der Waals surface area contributed by atoms with Crippen LogP contribution in [0.4, 0.5) is 0 Å². The Morgan fingerprint density at radius 2 is 2.00 bits per heavy atom. The topological polar surface area (TPSA) is 0 Å². The van der Waals surface area contributed by atoms with Gasteiger partial charge < -0.3 is 0 Å². The standard InChI is InChI=1S/C4H6I3/c1-2-3(5)4(6)7/h3H,2H2,1H3. The summed E-state index contributed by atoms with van der Waals surface area (Å²) in [6.45, 7) is 2.20. The van der Waals surface area contributed by atoms with Gasteiger partial charge in [-0.2, -0.15) is 0 Å². The molecule has 1 atom stereocenters. The molecule has 0 aliphatic heterocycles. The molecule has 0 rings (SSSR count). The summed E-state index contributed by atoms with van der Waals surface area (Å²) >= 11 is 7.17. The Kier molecular flexibility index (Phi) is 6.58. The molecule has 0 nitrogen and oxygen atoms in total. The molecule has 0 saturated carbocycles. The Bertz CT molecular complexity index is 44.2. The van der Waals surface area contributed by atoms with Gasteiger partial charge in [-0.15, -0.1) is 0 Å². The number of halogens is 3. The van der Waals surface area contributed by atoms with Gasteiger partial charge in [-0.1, -0.05) is 74.7 Å². The fourth-order valence-corrected chi connectivity index (χ4v) is 1.04. The van der Waals surface area contributed by atoms with Gasteiger partial charge in [0.1, 0.15) is 1.93 Å². The molecular weight excluding hydrogens is 429 g/mol. The van der Waals surface area contributed by atoms with E-state index in [4.69, 9.17) is 0 Å². The van der Waals surface area contributed by atoms with Crippen LogP contribution in [0.3, 0.4) is 0 Å². The van der Waals surface area contributed by atoms with Gasteiger partial charge in [0.15, 0.2) is 0 Å². The Labute approximate surface area is 85.6 Å². The van der Waals surface area contributed by atoms with Crippen molar-refractivity contribution in [3.8, 4) is 0 Å². The van der Waals surface area contributed by atoms with Gasteiger partial charge in [0.25, 0.3) is 0 Å². The zero-order valence-corrected chi connectivity index (χ0v) is 10.4. The smallest absolute Gasteiger partial charge is 0.0802 e. The van der Waals surface area contributed by atoms with Gasteiger partial charge in [-0.25, -0.2) is 0 Å². The maximum Gasteiger partial charge on any atom is 0.110 e. The highest BCUT2D eigenvalue weighted by atomic mass is 127. The molecule has 3 heteroatoms. The van der Waals surface area contributed by atoms with Crippen molar-refractivity contribution in [2.24, 2.45) is 0 Å². The summed E-state index contributed by atoms with van der Waals surface area (Å²) in [4.78, 5) is 0. The number of rotatable bonds is 2. The number of hydrogen-bond donors (Lipinski definition) is 0. The lowest BCUT2D eigenvalue weighted by atomic mass is 10.4. The fraction of sp³-hybridized carbons (Fsp3) is 0.750. The monoisotopic (exact) mass is 435 g/mol. The highest BCUT2D eigenvalue weighted by molar-refractivity contribution is 14.2. The van der Waals surface area contributed by atoms with Crippen LogP contribution in [-0.4, -0.2) is 3.92 Å². The van der Waals surface area contributed by atoms with Gasteiger partial charge in [-0.05, 0) is 6.42 Å². The van der Waals surface area contributed by atoms with E-state index in [-0.39, 0.29) is 0 Å². The summed E-state index contributed by atoms with van der Waals surface area (Å²) < 4.78 is 2.23. The van der Waals surface area contributed by atoms with Crippen LogP contribution in [0.25, 0.3) is 0 Å². The molecule has 0 aromatic rings. The molecule has 0 aliphatic rings. The largest absolute Gasteiger partial charge is 0.110 e. The van der Waals surface area contributed by atoms with Gasteiger partial charge in [-0.3, -0.25) is 0 Å². The molecule has 0 fully saturated rings. The molecule has 0 amide bonds. The van der Waals surface area contributed by atoms with Crippen molar-refractivity contribution in [1.29, 1.82) is 0 Å². The third-order valence-corrected chi connectivity index (χ3v) is 5.99. The van der Waals surface area contributed by atoms with E-state index in [9.17, 15) is 0 Å². The molecule has 0 bridgehead atoms. The predicted molar refractivity (Wildman–Crippen MR) is 59.4 cm³/mol. The van der Waals surface area contributed by atoms with E-state index < -0.39 is 0 Å². The molecule has 1 unspecified atom stereocenters. The summed E-state index contributed by atoms with van der Waals surface area (Å²) in [5.74, 6) is 0. The fourth-order valence-electron chi connectivity index (χ4n) is 0.154. The second-order valence-electron chi connectivity index (χ2n) is 1.17. The Morgan fingerprint density at radius 3 is 2.00 bits per heavy atom. The van der Waals surface area contributed by atoms with E-state index in [1.54, 1.807) is 0 Å². The molecule has 0 heterocycles. The quantitative estimate of drug-likeness (QED) is 0.460. The summed E-state index contributed by atoms with van der Waals surface area (Å²) in [5.41, 5.74) is 0. The lowest BCUT2D eigenvalue weighted by Crippen LogP contribution is -1.94. The molecule has 1 radical (unpaired) electrons. The zero-order chi connectivity index (χ0) is 5.86. The molecule has 7 heavy (non-hydrogen) atoms. The minimum absolute atomic E-state index is 0.763.